The zero-order chi connectivity index (χ0) is 13.9. The third kappa shape index (κ3) is 2.29. The highest BCUT2D eigenvalue weighted by Crippen LogP contribution is 2.23. The average molecular weight is 272 g/mol. The standard InChI is InChI=1S/C14H16N4O2/c1-2-20-14(19)10-7-17-18(8-10)13-11-5-3-4-6-12(11)15-9-16-13/h7-9H,2-6H2,1H3. The smallest absolute Gasteiger partial charge is 0.341 e. The fourth-order valence-corrected chi connectivity index (χ4v) is 2.46. The first kappa shape index (κ1) is 12.8. The Kier molecular flexibility index (Phi) is 3.45. The first-order valence-corrected chi connectivity index (χ1v) is 6.84. The van der Waals surface area contributed by atoms with Gasteiger partial charge in [-0.05, 0) is 32.6 Å². The van der Waals surface area contributed by atoms with Gasteiger partial charge in [0.25, 0.3) is 0 Å². The van der Waals surface area contributed by atoms with E-state index in [0.29, 0.717) is 12.2 Å². The molecule has 0 unspecified atom stereocenters. The van der Waals surface area contributed by atoms with Gasteiger partial charge in [0.1, 0.15) is 6.33 Å². The summed E-state index contributed by atoms with van der Waals surface area (Å²) in [4.78, 5) is 20.3. The third-order valence-corrected chi connectivity index (χ3v) is 3.41. The van der Waals surface area contributed by atoms with Gasteiger partial charge in [0.05, 0.1) is 18.4 Å². The van der Waals surface area contributed by atoms with Gasteiger partial charge in [0.15, 0.2) is 5.82 Å². The number of fused-ring (bicyclic) bond motifs is 1. The van der Waals surface area contributed by atoms with Crippen molar-refractivity contribution in [3.63, 3.8) is 0 Å². The number of carbonyl (C=O) groups excluding carboxylic acids is 1. The Labute approximate surface area is 116 Å². The van der Waals surface area contributed by atoms with Gasteiger partial charge < -0.3 is 4.74 Å². The van der Waals surface area contributed by atoms with E-state index in [2.05, 4.69) is 15.1 Å². The minimum absolute atomic E-state index is 0.354. The van der Waals surface area contributed by atoms with Crippen LogP contribution >= 0.6 is 0 Å². The van der Waals surface area contributed by atoms with Crippen molar-refractivity contribution < 1.29 is 9.53 Å². The highest BCUT2D eigenvalue weighted by atomic mass is 16.5. The number of hydrogen-bond donors (Lipinski definition) is 0. The topological polar surface area (TPSA) is 69.9 Å². The second-order valence-electron chi connectivity index (χ2n) is 4.72. The van der Waals surface area contributed by atoms with E-state index < -0.39 is 0 Å². The summed E-state index contributed by atoms with van der Waals surface area (Å²) in [6, 6.07) is 0. The molecule has 0 atom stereocenters. The van der Waals surface area contributed by atoms with E-state index in [4.69, 9.17) is 4.74 Å². The van der Waals surface area contributed by atoms with Crippen molar-refractivity contribution in [2.45, 2.75) is 32.6 Å². The molecular formula is C14H16N4O2. The molecule has 0 N–H and O–H groups in total. The summed E-state index contributed by atoms with van der Waals surface area (Å²) in [7, 11) is 0. The molecule has 0 spiro atoms. The van der Waals surface area contributed by atoms with Crippen molar-refractivity contribution in [3.05, 3.63) is 35.5 Å². The molecular weight excluding hydrogens is 256 g/mol. The van der Waals surface area contributed by atoms with Gasteiger partial charge in [-0.1, -0.05) is 0 Å². The van der Waals surface area contributed by atoms with Crippen molar-refractivity contribution in [3.8, 4) is 5.82 Å². The van der Waals surface area contributed by atoms with Gasteiger partial charge in [-0.25, -0.2) is 19.4 Å². The van der Waals surface area contributed by atoms with Gasteiger partial charge in [-0.15, -0.1) is 0 Å². The molecule has 2 aromatic heterocycles. The van der Waals surface area contributed by atoms with Gasteiger partial charge in [0.2, 0.25) is 0 Å². The van der Waals surface area contributed by atoms with E-state index in [1.807, 2.05) is 0 Å². The molecule has 3 rings (SSSR count). The predicted octanol–water partition coefficient (Wildman–Crippen LogP) is 1.72. The number of rotatable bonds is 3. The zero-order valence-corrected chi connectivity index (χ0v) is 11.4. The fraction of sp³-hybridized carbons (Fsp3) is 0.429. The van der Waals surface area contributed by atoms with Crippen LogP contribution in [-0.4, -0.2) is 32.3 Å². The molecule has 2 aromatic rings. The number of carbonyl (C=O) groups is 1. The molecule has 20 heavy (non-hydrogen) atoms. The maximum atomic E-state index is 11.7. The Morgan fingerprint density at radius 3 is 3.05 bits per heavy atom. The Balaban J connectivity index is 1.96. The Morgan fingerprint density at radius 1 is 1.35 bits per heavy atom. The normalized spacial score (nSPS) is 13.8. The quantitative estimate of drug-likeness (QED) is 0.796. The van der Waals surface area contributed by atoms with E-state index in [1.165, 1.54) is 6.20 Å². The molecule has 0 saturated carbocycles. The summed E-state index contributed by atoms with van der Waals surface area (Å²) in [6.45, 7) is 2.13. The highest BCUT2D eigenvalue weighted by molar-refractivity contribution is 5.88. The molecule has 1 aliphatic carbocycles. The van der Waals surface area contributed by atoms with Gasteiger partial charge >= 0.3 is 5.97 Å². The average Bonchev–Trinajstić information content (AvgIpc) is 2.97. The van der Waals surface area contributed by atoms with Crippen molar-refractivity contribution in [2.75, 3.05) is 6.61 Å². The molecule has 0 saturated heterocycles. The lowest BCUT2D eigenvalue weighted by atomic mass is 9.96. The summed E-state index contributed by atoms with van der Waals surface area (Å²) in [6.07, 6.45) is 8.97. The van der Waals surface area contributed by atoms with Crippen LogP contribution in [0.15, 0.2) is 18.7 Å². The minimum atomic E-state index is -0.360. The molecule has 0 aliphatic heterocycles. The van der Waals surface area contributed by atoms with E-state index in [0.717, 1.165) is 42.8 Å². The first-order valence-electron chi connectivity index (χ1n) is 6.84. The van der Waals surface area contributed by atoms with Crippen molar-refractivity contribution in [1.82, 2.24) is 19.7 Å². The number of ether oxygens (including phenoxy) is 1. The summed E-state index contributed by atoms with van der Waals surface area (Å²) in [5, 5.41) is 4.22. The molecule has 0 amide bonds. The van der Waals surface area contributed by atoms with Crippen LogP contribution in [0.4, 0.5) is 0 Å². The summed E-state index contributed by atoms with van der Waals surface area (Å²) in [5.41, 5.74) is 2.67. The molecule has 104 valence electrons. The van der Waals surface area contributed by atoms with E-state index >= 15 is 0 Å². The molecule has 0 bridgehead atoms. The van der Waals surface area contributed by atoms with E-state index in [9.17, 15) is 4.79 Å². The SMILES string of the molecule is CCOC(=O)c1cnn(-c2ncnc3c2CCCC3)c1. The fourth-order valence-electron chi connectivity index (χ4n) is 2.46. The van der Waals surface area contributed by atoms with Crippen molar-refractivity contribution >= 4 is 5.97 Å². The van der Waals surface area contributed by atoms with Gasteiger partial charge in [0, 0.05) is 17.5 Å². The second kappa shape index (κ2) is 5.40. The van der Waals surface area contributed by atoms with E-state index in [1.54, 1.807) is 24.1 Å². The molecule has 6 heteroatoms. The van der Waals surface area contributed by atoms with Crippen molar-refractivity contribution in [2.24, 2.45) is 0 Å². The third-order valence-electron chi connectivity index (χ3n) is 3.41. The van der Waals surface area contributed by atoms with Crippen LogP contribution < -0.4 is 0 Å². The molecule has 1 aliphatic rings. The van der Waals surface area contributed by atoms with Crippen LogP contribution in [0, 0.1) is 0 Å². The maximum Gasteiger partial charge on any atom is 0.341 e. The second-order valence-corrected chi connectivity index (χ2v) is 4.72. The summed E-state index contributed by atoms with van der Waals surface area (Å²) >= 11 is 0. The van der Waals surface area contributed by atoms with E-state index in [-0.39, 0.29) is 5.97 Å². The highest BCUT2D eigenvalue weighted by Gasteiger charge is 2.18. The van der Waals surface area contributed by atoms with Crippen molar-refractivity contribution in [1.29, 1.82) is 0 Å². The van der Waals surface area contributed by atoms with Crippen LogP contribution in [0.25, 0.3) is 5.82 Å². The largest absolute Gasteiger partial charge is 0.462 e. The van der Waals surface area contributed by atoms with Crippen LogP contribution in [-0.2, 0) is 17.6 Å². The lowest BCUT2D eigenvalue weighted by Crippen LogP contribution is -2.12. The molecule has 2 heterocycles. The minimum Gasteiger partial charge on any atom is -0.462 e. The van der Waals surface area contributed by atoms with Crippen LogP contribution in [0.5, 0.6) is 0 Å². The van der Waals surface area contributed by atoms with Crippen LogP contribution in [0.1, 0.15) is 41.4 Å². The Morgan fingerprint density at radius 2 is 2.20 bits per heavy atom. The lowest BCUT2D eigenvalue weighted by molar-refractivity contribution is 0.0526. The molecule has 0 fully saturated rings. The number of nitrogens with zero attached hydrogens (tertiary/aromatic N) is 4. The van der Waals surface area contributed by atoms with Crippen LogP contribution in [0.2, 0.25) is 0 Å². The maximum absolute atomic E-state index is 11.7. The number of esters is 1. The predicted molar refractivity (Wildman–Crippen MR) is 71.8 cm³/mol. The number of aromatic nitrogens is 4. The first-order chi connectivity index (χ1) is 9.79. The number of aryl methyl sites for hydroxylation is 1. The summed E-state index contributed by atoms with van der Waals surface area (Å²) in [5.74, 6) is 0.409. The Bertz CT molecular complexity index is 636. The molecule has 6 nitrogen and oxygen atoms in total. The monoisotopic (exact) mass is 272 g/mol. The van der Waals surface area contributed by atoms with Gasteiger partial charge in [-0.3, -0.25) is 0 Å². The molecule has 0 aromatic carbocycles. The van der Waals surface area contributed by atoms with Gasteiger partial charge in [-0.2, -0.15) is 5.10 Å². The molecule has 0 radical (unpaired) electrons. The van der Waals surface area contributed by atoms with Crippen LogP contribution in [0.3, 0.4) is 0 Å². The summed E-state index contributed by atoms with van der Waals surface area (Å²) < 4.78 is 6.60. The Hall–Kier alpha value is -2.24. The number of hydrogen-bond acceptors (Lipinski definition) is 5. The zero-order valence-electron chi connectivity index (χ0n) is 11.4. The lowest BCUT2D eigenvalue weighted by Gasteiger charge is -2.16.